The summed E-state index contributed by atoms with van der Waals surface area (Å²) in [6.45, 7) is 1.55. The van der Waals surface area contributed by atoms with Gasteiger partial charge in [0, 0.05) is 6.54 Å². The van der Waals surface area contributed by atoms with E-state index in [0.29, 0.717) is 12.1 Å². The number of nitrogens with zero attached hydrogens (tertiary/aromatic N) is 2. The molecule has 0 aromatic heterocycles. The van der Waals surface area contributed by atoms with Gasteiger partial charge < -0.3 is 4.90 Å². The van der Waals surface area contributed by atoms with Gasteiger partial charge in [0.15, 0.2) is 0 Å². The first-order valence-electron chi connectivity index (χ1n) is 5.52. The second-order valence-corrected chi connectivity index (χ2v) is 4.16. The quantitative estimate of drug-likeness (QED) is 0.713. The SMILES string of the molecule is C#CCN(CC1CC1)c1ccccc1C#N. The summed E-state index contributed by atoms with van der Waals surface area (Å²) in [6.07, 6.45) is 7.95. The summed E-state index contributed by atoms with van der Waals surface area (Å²) < 4.78 is 0. The molecule has 0 radical (unpaired) electrons. The van der Waals surface area contributed by atoms with Gasteiger partial charge in [-0.3, -0.25) is 0 Å². The largest absolute Gasteiger partial charge is 0.359 e. The lowest BCUT2D eigenvalue weighted by Gasteiger charge is -2.23. The van der Waals surface area contributed by atoms with Crippen LogP contribution in [-0.2, 0) is 0 Å². The molecule has 2 rings (SSSR count). The summed E-state index contributed by atoms with van der Waals surface area (Å²) in [5.74, 6) is 3.43. The molecule has 2 nitrogen and oxygen atoms in total. The maximum atomic E-state index is 9.06. The predicted molar refractivity (Wildman–Crippen MR) is 64.9 cm³/mol. The zero-order chi connectivity index (χ0) is 11.4. The van der Waals surface area contributed by atoms with Gasteiger partial charge in [0.1, 0.15) is 6.07 Å². The van der Waals surface area contributed by atoms with Gasteiger partial charge in [0.2, 0.25) is 0 Å². The number of hydrogen-bond donors (Lipinski definition) is 0. The van der Waals surface area contributed by atoms with Gasteiger partial charge in [-0.15, -0.1) is 6.42 Å². The Morgan fingerprint density at radius 2 is 2.12 bits per heavy atom. The van der Waals surface area contributed by atoms with Crippen LogP contribution in [0.15, 0.2) is 24.3 Å². The van der Waals surface area contributed by atoms with Crippen molar-refractivity contribution >= 4 is 5.69 Å². The van der Waals surface area contributed by atoms with E-state index in [2.05, 4.69) is 16.9 Å². The number of para-hydroxylation sites is 1. The van der Waals surface area contributed by atoms with Crippen molar-refractivity contribution in [2.45, 2.75) is 12.8 Å². The molecule has 0 N–H and O–H groups in total. The van der Waals surface area contributed by atoms with E-state index in [4.69, 9.17) is 11.7 Å². The first-order valence-corrected chi connectivity index (χ1v) is 5.52. The molecule has 0 atom stereocenters. The molecule has 1 aromatic rings. The van der Waals surface area contributed by atoms with Crippen molar-refractivity contribution < 1.29 is 0 Å². The van der Waals surface area contributed by atoms with Crippen LogP contribution in [0.1, 0.15) is 18.4 Å². The fraction of sp³-hybridized carbons (Fsp3) is 0.357. The fourth-order valence-electron chi connectivity index (χ4n) is 1.81. The number of benzene rings is 1. The summed E-state index contributed by atoms with van der Waals surface area (Å²) in [6, 6.07) is 9.86. The standard InChI is InChI=1S/C14H14N2/c1-2-9-16(11-12-7-8-12)14-6-4-3-5-13(14)10-15/h1,3-6,12H,7-9,11H2. The van der Waals surface area contributed by atoms with E-state index >= 15 is 0 Å². The van der Waals surface area contributed by atoms with Gasteiger partial charge in [-0.2, -0.15) is 5.26 Å². The highest BCUT2D eigenvalue weighted by Crippen LogP contribution is 2.32. The summed E-state index contributed by atoms with van der Waals surface area (Å²) >= 11 is 0. The fourth-order valence-corrected chi connectivity index (χ4v) is 1.81. The van der Waals surface area contributed by atoms with Crippen LogP contribution in [0.3, 0.4) is 0 Å². The molecule has 1 aliphatic rings. The molecule has 0 bridgehead atoms. The maximum absolute atomic E-state index is 9.06. The number of rotatable bonds is 4. The molecule has 2 heteroatoms. The first kappa shape index (κ1) is 10.6. The monoisotopic (exact) mass is 210 g/mol. The molecule has 1 aromatic carbocycles. The molecular weight excluding hydrogens is 196 g/mol. The van der Waals surface area contributed by atoms with Gasteiger partial charge >= 0.3 is 0 Å². The Morgan fingerprint density at radius 1 is 1.38 bits per heavy atom. The van der Waals surface area contributed by atoms with Crippen molar-refractivity contribution in [2.75, 3.05) is 18.0 Å². The topological polar surface area (TPSA) is 27.0 Å². The highest BCUT2D eigenvalue weighted by Gasteiger charge is 2.24. The minimum Gasteiger partial charge on any atom is -0.359 e. The number of anilines is 1. The zero-order valence-electron chi connectivity index (χ0n) is 9.19. The molecule has 0 aliphatic heterocycles. The number of nitriles is 1. The molecular formula is C14H14N2. The second kappa shape index (κ2) is 4.73. The van der Waals surface area contributed by atoms with E-state index < -0.39 is 0 Å². The molecule has 1 fully saturated rings. The van der Waals surface area contributed by atoms with Gasteiger partial charge in [0.25, 0.3) is 0 Å². The molecule has 0 amide bonds. The van der Waals surface area contributed by atoms with E-state index in [0.717, 1.165) is 18.2 Å². The maximum Gasteiger partial charge on any atom is 0.101 e. The smallest absolute Gasteiger partial charge is 0.101 e. The van der Waals surface area contributed by atoms with Crippen molar-refractivity contribution in [3.8, 4) is 18.4 Å². The summed E-state index contributed by atoms with van der Waals surface area (Å²) in [4.78, 5) is 2.14. The zero-order valence-corrected chi connectivity index (χ0v) is 9.19. The lowest BCUT2D eigenvalue weighted by molar-refractivity contribution is 0.764. The van der Waals surface area contributed by atoms with Gasteiger partial charge in [-0.05, 0) is 30.9 Å². The van der Waals surface area contributed by atoms with Crippen LogP contribution in [0.4, 0.5) is 5.69 Å². The van der Waals surface area contributed by atoms with E-state index in [1.807, 2.05) is 24.3 Å². The highest BCUT2D eigenvalue weighted by molar-refractivity contribution is 5.59. The lowest BCUT2D eigenvalue weighted by atomic mass is 10.1. The van der Waals surface area contributed by atoms with Crippen LogP contribution >= 0.6 is 0 Å². The lowest BCUT2D eigenvalue weighted by Crippen LogP contribution is -2.26. The van der Waals surface area contributed by atoms with Crippen molar-refractivity contribution in [1.29, 1.82) is 5.26 Å². The van der Waals surface area contributed by atoms with Crippen LogP contribution in [0, 0.1) is 29.6 Å². The van der Waals surface area contributed by atoms with Crippen molar-refractivity contribution in [3.05, 3.63) is 29.8 Å². The van der Waals surface area contributed by atoms with E-state index in [1.54, 1.807) is 0 Å². The second-order valence-electron chi connectivity index (χ2n) is 4.16. The van der Waals surface area contributed by atoms with Crippen LogP contribution in [0.25, 0.3) is 0 Å². The Kier molecular flexibility index (Phi) is 3.13. The van der Waals surface area contributed by atoms with Crippen molar-refractivity contribution in [3.63, 3.8) is 0 Å². The molecule has 80 valence electrons. The number of terminal acetylenes is 1. The average molecular weight is 210 g/mol. The Balaban J connectivity index is 2.23. The van der Waals surface area contributed by atoms with Gasteiger partial charge in [0.05, 0.1) is 17.8 Å². The molecule has 0 spiro atoms. The molecule has 0 unspecified atom stereocenters. The van der Waals surface area contributed by atoms with E-state index in [-0.39, 0.29) is 0 Å². The van der Waals surface area contributed by atoms with Crippen molar-refractivity contribution in [2.24, 2.45) is 5.92 Å². The normalized spacial score (nSPS) is 13.9. The van der Waals surface area contributed by atoms with Crippen LogP contribution < -0.4 is 4.90 Å². The third kappa shape index (κ3) is 2.35. The Morgan fingerprint density at radius 3 is 2.75 bits per heavy atom. The average Bonchev–Trinajstić information content (AvgIpc) is 3.12. The predicted octanol–water partition coefficient (Wildman–Crippen LogP) is 2.41. The first-order chi connectivity index (χ1) is 7.85. The molecule has 0 heterocycles. The Labute approximate surface area is 96.5 Å². The van der Waals surface area contributed by atoms with Crippen molar-refractivity contribution in [1.82, 2.24) is 0 Å². The molecule has 0 saturated heterocycles. The minimum absolute atomic E-state index is 0.579. The van der Waals surface area contributed by atoms with Crippen LogP contribution in [0.2, 0.25) is 0 Å². The number of hydrogen-bond acceptors (Lipinski definition) is 2. The molecule has 1 saturated carbocycles. The molecule has 16 heavy (non-hydrogen) atoms. The van der Waals surface area contributed by atoms with Crippen LogP contribution in [0.5, 0.6) is 0 Å². The summed E-state index contributed by atoms with van der Waals surface area (Å²) in [5, 5.41) is 9.06. The minimum atomic E-state index is 0.579. The summed E-state index contributed by atoms with van der Waals surface area (Å²) in [7, 11) is 0. The van der Waals surface area contributed by atoms with E-state index in [9.17, 15) is 0 Å². The third-order valence-electron chi connectivity index (χ3n) is 2.82. The Bertz CT molecular complexity index is 447. The van der Waals surface area contributed by atoms with E-state index in [1.165, 1.54) is 12.8 Å². The molecule has 1 aliphatic carbocycles. The Hall–Kier alpha value is -1.93. The third-order valence-corrected chi connectivity index (χ3v) is 2.82. The van der Waals surface area contributed by atoms with Gasteiger partial charge in [-0.1, -0.05) is 18.1 Å². The summed E-state index contributed by atoms with van der Waals surface area (Å²) in [5.41, 5.74) is 1.67. The highest BCUT2D eigenvalue weighted by atomic mass is 15.1. The van der Waals surface area contributed by atoms with Crippen LogP contribution in [-0.4, -0.2) is 13.1 Å². The van der Waals surface area contributed by atoms with Gasteiger partial charge in [-0.25, -0.2) is 0 Å².